The second kappa shape index (κ2) is 32.8. The van der Waals surface area contributed by atoms with Gasteiger partial charge in [-0.15, -0.1) is 11.6 Å². The van der Waals surface area contributed by atoms with Gasteiger partial charge in [0, 0.05) is 37.4 Å². The lowest BCUT2D eigenvalue weighted by molar-refractivity contribution is -0.385. The standard InChI is InChI=1S/C34H37ClFN4O10P.C31H32FN4O10P/c1-22(25-12-15-28(40(44)45)30(18-25)48-26-13-10-24(11-14-26)23-8-4-3-5-9-23)50-51(46,38(2)17-7-6-16-35)47-21-31-29(41)19-32(49-31)39-20-27(36)33(42)37-34(39)43;1-19(22-11-14-25(36(40)41)27(15-22)44-23-12-9-21(10-13-23)20-7-5-4-6-8-20)46-47(42,34(2)3)43-18-28-26(37)16-29(45-28)35-17-24(32)30(38)33-31(35)39/h3-5,8-15,18,20,22,29,31-32,41H,6-7,16-17,19,21H2,1-2H3,(H,37,42,43);4-15,17,19,26,28-29,37H,16,18H2,1-3H3,(H,33,38,39). The average Bonchev–Trinajstić information content (AvgIpc) is 1.60. The van der Waals surface area contributed by atoms with Gasteiger partial charge in [-0.3, -0.25) is 67.0 Å². The van der Waals surface area contributed by atoms with E-state index in [1.54, 1.807) is 38.1 Å². The average molecular weight is 1420 g/mol. The molecule has 0 bridgehead atoms. The number of halogens is 3. The summed E-state index contributed by atoms with van der Waals surface area (Å²) < 4.78 is 107. The van der Waals surface area contributed by atoms with Crippen molar-refractivity contribution in [2.45, 2.75) is 88.6 Å². The molecule has 6 aromatic carbocycles. The van der Waals surface area contributed by atoms with Crippen molar-refractivity contribution in [3.63, 3.8) is 0 Å². The minimum absolute atomic E-state index is 0.0570. The van der Waals surface area contributed by atoms with Gasteiger partial charge in [-0.25, -0.2) is 28.1 Å². The van der Waals surface area contributed by atoms with Crippen LogP contribution < -0.4 is 32.0 Å². The van der Waals surface area contributed by atoms with E-state index in [0.717, 1.165) is 31.4 Å². The van der Waals surface area contributed by atoms with Crippen molar-refractivity contribution < 1.29 is 75.0 Å². The van der Waals surface area contributed by atoms with Gasteiger partial charge in [-0.1, -0.05) is 84.9 Å². The van der Waals surface area contributed by atoms with E-state index in [9.17, 15) is 67.5 Å². The number of aromatic nitrogens is 4. The molecule has 98 heavy (non-hydrogen) atoms. The molecule has 0 radical (unpaired) electrons. The number of hydrogen-bond donors (Lipinski definition) is 4. The molecule has 10 rings (SSSR count). The van der Waals surface area contributed by atoms with Gasteiger partial charge in [-0.2, -0.15) is 8.78 Å². The topological polar surface area (TPSA) is 351 Å². The van der Waals surface area contributed by atoms with Crippen molar-refractivity contribution in [2.24, 2.45) is 0 Å². The van der Waals surface area contributed by atoms with Crippen molar-refractivity contribution in [3.05, 3.63) is 243 Å². The fourth-order valence-electron chi connectivity index (χ4n) is 10.3. The van der Waals surface area contributed by atoms with E-state index in [1.807, 2.05) is 94.9 Å². The highest BCUT2D eigenvalue weighted by Crippen LogP contribution is 2.56. The zero-order valence-electron chi connectivity index (χ0n) is 53.2. The Hall–Kier alpha value is -8.71. The number of aliphatic hydroxyl groups excluding tert-OH is 2. The Kier molecular flexibility index (Phi) is 24.6. The number of alkyl halides is 1. The highest BCUT2D eigenvalue weighted by atomic mass is 35.5. The number of benzene rings is 6. The van der Waals surface area contributed by atoms with Crippen LogP contribution in [0.15, 0.2) is 177 Å². The second-order valence-corrected chi connectivity index (χ2v) is 27.4. The lowest BCUT2D eigenvalue weighted by atomic mass is 10.1. The summed E-state index contributed by atoms with van der Waals surface area (Å²) in [6.45, 7) is 2.54. The van der Waals surface area contributed by atoms with Gasteiger partial charge in [0.1, 0.15) is 36.2 Å². The summed E-state index contributed by atoms with van der Waals surface area (Å²) in [5.41, 5.74) is -0.162. The summed E-state index contributed by atoms with van der Waals surface area (Å²) >= 11 is 5.84. The molecule has 4 heterocycles. The molecular weight excluding hydrogens is 1350 g/mol. The zero-order valence-corrected chi connectivity index (χ0v) is 55.8. The molecule has 0 aliphatic carbocycles. The van der Waals surface area contributed by atoms with Crippen molar-refractivity contribution in [1.82, 2.24) is 28.4 Å². The van der Waals surface area contributed by atoms with E-state index < -0.39 is 122 Å². The minimum atomic E-state index is -4.17. The molecule has 2 aliphatic heterocycles. The van der Waals surface area contributed by atoms with E-state index in [-0.39, 0.29) is 42.3 Å². The first-order chi connectivity index (χ1) is 46.7. The van der Waals surface area contributed by atoms with Crippen molar-refractivity contribution in [3.8, 4) is 45.3 Å². The molecule has 0 spiro atoms. The zero-order chi connectivity index (χ0) is 70.6. The van der Waals surface area contributed by atoms with Crippen molar-refractivity contribution in [1.29, 1.82) is 0 Å². The normalized spacial score (nSPS) is 19.4. The van der Waals surface area contributed by atoms with Crippen LogP contribution in [0.4, 0.5) is 20.2 Å². The Balaban J connectivity index is 0.000000230. The predicted molar refractivity (Wildman–Crippen MR) is 354 cm³/mol. The summed E-state index contributed by atoms with van der Waals surface area (Å²) in [7, 11) is -3.79. The fraction of sp³-hybridized carbons (Fsp3) is 0.323. The maximum absolute atomic E-state index is 14.4. The number of aromatic amines is 2. The van der Waals surface area contributed by atoms with E-state index >= 15 is 0 Å². The highest BCUT2D eigenvalue weighted by molar-refractivity contribution is 7.51. The van der Waals surface area contributed by atoms with Crippen LogP contribution in [0.2, 0.25) is 0 Å². The summed E-state index contributed by atoms with van der Waals surface area (Å²) in [6.07, 6.45) is -6.45. The summed E-state index contributed by atoms with van der Waals surface area (Å²) in [4.78, 5) is 73.4. The molecule has 33 heteroatoms. The van der Waals surface area contributed by atoms with Crippen LogP contribution in [-0.4, -0.2) is 120 Å². The SMILES string of the molecule is CC(OP(=O)(OCC1OC(n2cc(F)c(=O)[nH]c2=O)CC1O)N(C)C)c1ccc([N+](=O)[O-])c(Oc2ccc(-c3ccccc3)cc2)c1.CC(OP(=O)(OCC1OC(n2cc(F)c(=O)[nH]c2=O)CC1O)N(C)CCCCCl)c1ccc([N+](=O)[O-])c(Oc2ccc(-c3ccccc3)cc2)c1. The van der Waals surface area contributed by atoms with Crippen LogP contribution >= 0.6 is 27.1 Å². The van der Waals surface area contributed by atoms with Gasteiger partial charge in [-0.05, 0) is 130 Å². The van der Waals surface area contributed by atoms with Gasteiger partial charge < -0.3 is 29.2 Å². The predicted octanol–water partition coefficient (Wildman–Crippen LogP) is 11.7. The second-order valence-electron chi connectivity index (χ2n) is 22.8. The molecule has 10 atom stereocenters. The first-order valence-electron chi connectivity index (χ1n) is 30.5. The lowest BCUT2D eigenvalue weighted by Gasteiger charge is -2.30. The molecule has 520 valence electrons. The first kappa shape index (κ1) is 73.5. The van der Waals surface area contributed by atoms with Gasteiger partial charge >= 0.3 is 38.2 Å². The molecule has 0 amide bonds. The number of nitro groups is 2. The number of nitrogens with zero attached hydrogens (tertiary/aromatic N) is 6. The molecule has 2 fully saturated rings. The van der Waals surface area contributed by atoms with Gasteiger partial charge in [0.2, 0.25) is 23.1 Å². The maximum atomic E-state index is 14.4. The lowest BCUT2D eigenvalue weighted by Crippen LogP contribution is -2.34. The number of H-pyrrole nitrogens is 2. The Labute approximate surface area is 562 Å². The molecular formula is C65H69ClF2N8O20P2. The van der Waals surface area contributed by atoms with Gasteiger partial charge in [0.25, 0.3) is 11.1 Å². The van der Waals surface area contributed by atoms with Crippen LogP contribution in [0.1, 0.15) is 75.3 Å². The van der Waals surface area contributed by atoms with E-state index in [0.29, 0.717) is 53.7 Å². The van der Waals surface area contributed by atoms with E-state index in [1.165, 1.54) is 66.9 Å². The smallest absolute Gasteiger partial charge is 0.408 e. The molecule has 8 aromatic rings. The highest BCUT2D eigenvalue weighted by Gasteiger charge is 2.42. The minimum Gasteiger partial charge on any atom is -0.450 e. The first-order valence-corrected chi connectivity index (χ1v) is 34.0. The van der Waals surface area contributed by atoms with Crippen LogP contribution in [0, 0.1) is 31.9 Å². The molecule has 4 N–H and O–H groups in total. The number of ether oxygens (including phenoxy) is 4. The Morgan fingerprint density at radius 2 is 0.990 bits per heavy atom. The largest absolute Gasteiger partial charge is 0.450 e. The molecule has 28 nitrogen and oxygen atoms in total. The number of rotatable bonds is 28. The summed E-state index contributed by atoms with van der Waals surface area (Å²) in [5, 5.41) is 44.9. The van der Waals surface area contributed by atoms with Crippen LogP contribution in [0.3, 0.4) is 0 Å². The Morgan fingerprint density at radius 1 is 0.602 bits per heavy atom. The molecule has 0 saturated carbocycles. The van der Waals surface area contributed by atoms with Crippen LogP contribution in [-0.2, 0) is 36.7 Å². The third kappa shape index (κ3) is 18.3. The third-order valence-corrected chi connectivity index (χ3v) is 20.1. The molecule has 10 unspecified atom stereocenters. The van der Waals surface area contributed by atoms with Gasteiger partial charge in [0.05, 0.1) is 59.9 Å². The molecule has 2 saturated heterocycles. The molecule has 2 aliphatic rings. The summed E-state index contributed by atoms with van der Waals surface area (Å²) in [5.74, 6) is -1.43. The van der Waals surface area contributed by atoms with Crippen LogP contribution in [0.5, 0.6) is 23.0 Å². The van der Waals surface area contributed by atoms with Crippen molar-refractivity contribution >= 4 is 38.5 Å². The number of nitro benzene ring substituents is 2. The van der Waals surface area contributed by atoms with Crippen molar-refractivity contribution in [2.75, 3.05) is 46.8 Å². The monoisotopic (exact) mass is 1420 g/mol. The van der Waals surface area contributed by atoms with E-state index in [2.05, 4.69) is 0 Å². The molecule has 2 aromatic heterocycles. The maximum Gasteiger partial charge on any atom is 0.408 e. The van der Waals surface area contributed by atoms with Crippen LogP contribution in [0.25, 0.3) is 22.3 Å². The number of aliphatic hydroxyl groups is 2. The number of nitrogens with one attached hydrogen (secondary N) is 2. The quantitative estimate of drug-likeness (QED) is 0.0116. The summed E-state index contributed by atoms with van der Waals surface area (Å²) in [6, 6.07) is 41.8. The number of hydrogen-bond acceptors (Lipinski definition) is 20. The van der Waals surface area contributed by atoms with E-state index in [4.69, 9.17) is 48.6 Å². The Bertz CT molecular complexity index is 4440. The fourth-order valence-corrected chi connectivity index (χ4v) is 13.5. The van der Waals surface area contributed by atoms with Gasteiger partial charge in [0.15, 0.2) is 0 Å². The Morgan fingerprint density at radius 3 is 1.38 bits per heavy atom. The number of unbranched alkanes of at least 4 members (excludes halogenated alkanes) is 1. The third-order valence-electron chi connectivity index (χ3n) is 15.7.